The molecule has 19 heavy (non-hydrogen) atoms. The number of benzene rings is 1. The van der Waals surface area contributed by atoms with E-state index >= 15 is 0 Å². The number of carbonyl (C=O) groups is 1. The maximum Gasteiger partial charge on any atom is 0.282 e. The molecule has 104 valence electrons. The van der Waals surface area contributed by atoms with Crippen molar-refractivity contribution in [2.45, 2.75) is 26.3 Å². The van der Waals surface area contributed by atoms with Crippen LogP contribution >= 0.6 is 11.8 Å². The molecule has 1 aromatic carbocycles. The normalized spacial score (nSPS) is 11.9. The number of hydrogen-bond donors (Lipinski definition) is 1. The van der Waals surface area contributed by atoms with Crippen LogP contribution in [0.15, 0.2) is 24.3 Å². The van der Waals surface area contributed by atoms with E-state index in [9.17, 15) is 14.9 Å². The predicted octanol–water partition coefficient (Wildman–Crippen LogP) is 2.86. The second-order valence-electron chi connectivity index (χ2n) is 4.13. The van der Waals surface area contributed by atoms with Crippen molar-refractivity contribution in [2.24, 2.45) is 0 Å². The lowest BCUT2D eigenvalue weighted by Crippen LogP contribution is -2.33. The molecule has 0 spiro atoms. The molecule has 0 aromatic heterocycles. The average Bonchev–Trinajstić information content (AvgIpc) is 2.39. The van der Waals surface area contributed by atoms with Gasteiger partial charge in [0.05, 0.1) is 4.92 Å². The van der Waals surface area contributed by atoms with E-state index in [-0.39, 0.29) is 23.2 Å². The Hall–Kier alpha value is -1.56. The van der Waals surface area contributed by atoms with E-state index in [1.165, 1.54) is 12.1 Å². The third-order valence-corrected chi connectivity index (χ3v) is 3.55. The number of rotatable bonds is 7. The smallest absolute Gasteiger partial charge is 0.282 e. The topological polar surface area (TPSA) is 72.2 Å². The van der Waals surface area contributed by atoms with Gasteiger partial charge in [0.1, 0.15) is 5.56 Å². The zero-order valence-corrected chi connectivity index (χ0v) is 11.9. The third kappa shape index (κ3) is 4.90. The molecule has 0 radical (unpaired) electrons. The Morgan fingerprint density at radius 1 is 1.47 bits per heavy atom. The molecule has 0 fully saturated rings. The maximum atomic E-state index is 12.0. The number of thioether (sulfide) groups is 1. The van der Waals surface area contributed by atoms with Gasteiger partial charge < -0.3 is 5.32 Å². The van der Waals surface area contributed by atoms with E-state index < -0.39 is 4.92 Å². The van der Waals surface area contributed by atoms with Crippen molar-refractivity contribution in [3.05, 3.63) is 39.9 Å². The van der Waals surface area contributed by atoms with Crippen molar-refractivity contribution < 1.29 is 9.72 Å². The summed E-state index contributed by atoms with van der Waals surface area (Å²) in [4.78, 5) is 22.3. The molecule has 1 N–H and O–H groups in total. The fraction of sp³-hybridized carbons (Fsp3) is 0.462. The molecule has 1 rings (SSSR count). The first-order chi connectivity index (χ1) is 9.06. The van der Waals surface area contributed by atoms with Crippen molar-refractivity contribution >= 4 is 23.4 Å². The Bertz CT molecular complexity index is 451. The van der Waals surface area contributed by atoms with Gasteiger partial charge in [-0.25, -0.2) is 0 Å². The van der Waals surface area contributed by atoms with Crippen LogP contribution in [0.25, 0.3) is 0 Å². The number of nitro groups is 1. The molecule has 0 saturated heterocycles. The first kappa shape index (κ1) is 15.5. The number of para-hydroxylation sites is 1. The largest absolute Gasteiger partial charge is 0.349 e. The lowest BCUT2D eigenvalue weighted by atomic mass is 10.1. The summed E-state index contributed by atoms with van der Waals surface area (Å²) in [7, 11) is 0. The summed E-state index contributed by atoms with van der Waals surface area (Å²) >= 11 is 1.81. The van der Waals surface area contributed by atoms with Crippen LogP contribution < -0.4 is 5.32 Å². The van der Waals surface area contributed by atoms with E-state index in [0.717, 1.165) is 17.9 Å². The predicted molar refractivity (Wildman–Crippen MR) is 77.6 cm³/mol. The van der Waals surface area contributed by atoms with E-state index in [1.807, 2.05) is 18.7 Å². The molecule has 0 unspecified atom stereocenters. The van der Waals surface area contributed by atoms with Crippen LogP contribution in [-0.2, 0) is 0 Å². The van der Waals surface area contributed by atoms with Gasteiger partial charge in [-0.3, -0.25) is 14.9 Å². The number of nitro benzene ring substituents is 1. The summed E-state index contributed by atoms with van der Waals surface area (Å²) in [5.74, 6) is 1.63. The standard InChI is InChI=1S/C13H18N2O3S/c1-3-19-9-8-10(2)14-13(16)11-6-4-5-7-12(11)15(17)18/h4-7,10H,3,8-9H2,1-2H3,(H,14,16)/t10-/m0/s1. The van der Waals surface area contributed by atoms with Crippen molar-refractivity contribution in [1.82, 2.24) is 5.32 Å². The van der Waals surface area contributed by atoms with E-state index in [1.54, 1.807) is 12.1 Å². The second-order valence-corrected chi connectivity index (χ2v) is 5.53. The van der Waals surface area contributed by atoms with Gasteiger partial charge in [0.15, 0.2) is 0 Å². The highest BCUT2D eigenvalue weighted by molar-refractivity contribution is 7.99. The summed E-state index contributed by atoms with van der Waals surface area (Å²) in [5.41, 5.74) is -0.0439. The van der Waals surface area contributed by atoms with Crippen LogP contribution in [0.4, 0.5) is 5.69 Å². The van der Waals surface area contributed by atoms with Crippen LogP contribution in [0.3, 0.4) is 0 Å². The number of hydrogen-bond acceptors (Lipinski definition) is 4. The lowest BCUT2D eigenvalue weighted by Gasteiger charge is -2.13. The van der Waals surface area contributed by atoms with Crippen molar-refractivity contribution in [2.75, 3.05) is 11.5 Å². The zero-order chi connectivity index (χ0) is 14.3. The van der Waals surface area contributed by atoms with Crippen molar-refractivity contribution in [3.8, 4) is 0 Å². The van der Waals surface area contributed by atoms with Crippen LogP contribution in [0.5, 0.6) is 0 Å². The molecule has 0 aliphatic rings. The highest BCUT2D eigenvalue weighted by Crippen LogP contribution is 2.17. The Morgan fingerprint density at radius 3 is 2.79 bits per heavy atom. The first-order valence-electron chi connectivity index (χ1n) is 6.18. The van der Waals surface area contributed by atoms with Crippen LogP contribution in [-0.4, -0.2) is 28.4 Å². The number of carbonyl (C=O) groups excluding carboxylic acids is 1. The van der Waals surface area contributed by atoms with Gasteiger partial charge in [0.2, 0.25) is 0 Å². The monoisotopic (exact) mass is 282 g/mol. The minimum atomic E-state index is -0.535. The molecule has 0 heterocycles. The Morgan fingerprint density at radius 2 is 2.16 bits per heavy atom. The van der Waals surface area contributed by atoms with E-state index in [4.69, 9.17) is 0 Å². The molecule has 0 aliphatic heterocycles. The molecular weight excluding hydrogens is 264 g/mol. The molecule has 1 amide bonds. The summed E-state index contributed by atoms with van der Waals surface area (Å²) in [6.45, 7) is 3.99. The molecule has 1 atom stereocenters. The summed E-state index contributed by atoms with van der Waals surface area (Å²) in [6, 6.07) is 6.00. The molecule has 5 nitrogen and oxygen atoms in total. The SMILES string of the molecule is CCSCC[C@H](C)NC(=O)c1ccccc1[N+](=O)[O-]. The van der Waals surface area contributed by atoms with Crippen molar-refractivity contribution in [1.29, 1.82) is 0 Å². The Labute approximate surface area is 116 Å². The third-order valence-electron chi connectivity index (χ3n) is 2.62. The van der Waals surface area contributed by atoms with Gasteiger partial charge in [-0.05, 0) is 30.9 Å². The highest BCUT2D eigenvalue weighted by atomic mass is 32.2. The molecule has 0 aliphatic carbocycles. The second kappa shape index (κ2) is 7.78. The van der Waals surface area contributed by atoms with Gasteiger partial charge in [0.25, 0.3) is 11.6 Å². The fourth-order valence-corrected chi connectivity index (χ4v) is 2.41. The van der Waals surface area contributed by atoms with Crippen molar-refractivity contribution in [3.63, 3.8) is 0 Å². The molecular formula is C13H18N2O3S. The lowest BCUT2D eigenvalue weighted by molar-refractivity contribution is -0.385. The van der Waals surface area contributed by atoms with Gasteiger partial charge in [0, 0.05) is 12.1 Å². The first-order valence-corrected chi connectivity index (χ1v) is 7.33. The molecule has 6 heteroatoms. The highest BCUT2D eigenvalue weighted by Gasteiger charge is 2.20. The maximum absolute atomic E-state index is 12.0. The van der Waals surface area contributed by atoms with Gasteiger partial charge in [-0.15, -0.1) is 0 Å². The van der Waals surface area contributed by atoms with E-state index in [0.29, 0.717) is 0 Å². The van der Waals surface area contributed by atoms with E-state index in [2.05, 4.69) is 12.2 Å². The zero-order valence-electron chi connectivity index (χ0n) is 11.1. The summed E-state index contributed by atoms with van der Waals surface area (Å²) < 4.78 is 0. The number of nitrogens with zero attached hydrogens (tertiary/aromatic N) is 1. The van der Waals surface area contributed by atoms with Crippen LogP contribution in [0.2, 0.25) is 0 Å². The minimum Gasteiger partial charge on any atom is -0.349 e. The average molecular weight is 282 g/mol. The summed E-state index contributed by atoms with van der Waals surface area (Å²) in [5, 5.41) is 13.6. The quantitative estimate of drug-likeness (QED) is 0.474. The van der Waals surface area contributed by atoms with Gasteiger partial charge >= 0.3 is 0 Å². The number of amides is 1. The van der Waals surface area contributed by atoms with Crippen LogP contribution in [0, 0.1) is 10.1 Å². The molecule has 1 aromatic rings. The molecule has 0 saturated carbocycles. The van der Waals surface area contributed by atoms with Gasteiger partial charge in [-0.1, -0.05) is 19.1 Å². The molecule has 0 bridgehead atoms. The Balaban J connectivity index is 2.65. The fourth-order valence-electron chi connectivity index (χ4n) is 1.60. The van der Waals surface area contributed by atoms with Crippen LogP contribution in [0.1, 0.15) is 30.6 Å². The number of nitrogens with one attached hydrogen (secondary N) is 1. The minimum absolute atomic E-state index is 0.00589. The summed E-state index contributed by atoms with van der Waals surface area (Å²) in [6.07, 6.45) is 0.852. The van der Waals surface area contributed by atoms with Gasteiger partial charge in [-0.2, -0.15) is 11.8 Å². The Kier molecular flexibility index (Phi) is 6.35.